The SMILES string of the molecule is CC(C)(C)[S@](=O)N[C@H]1CCC12CCNCC2. The Hall–Kier alpha value is 0.0700. The molecule has 0 bridgehead atoms. The maximum Gasteiger partial charge on any atom is 0.0972 e. The second-order valence-electron chi connectivity index (χ2n) is 6.20. The standard InChI is InChI=1S/C12H24N2OS/c1-11(2,3)16(15)14-10-4-5-12(10)6-8-13-9-7-12/h10,13-14H,4-9H2,1-3H3/t10-,16-/m0/s1. The second-order valence-corrected chi connectivity index (χ2v) is 8.20. The largest absolute Gasteiger partial charge is 0.317 e. The van der Waals surface area contributed by atoms with Crippen molar-refractivity contribution in [3.63, 3.8) is 0 Å². The van der Waals surface area contributed by atoms with Gasteiger partial charge in [-0.15, -0.1) is 0 Å². The molecular weight excluding hydrogens is 220 g/mol. The Labute approximate surface area is 101 Å². The molecule has 0 aromatic rings. The van der Waals surface area contributed by atoms with Crippen molar-refractivity contribution in [3.05, 3.63) is 0 Å². The lowest BCUT2D eigenvalue weighted by Crippen LogP contribution is -2.59. The topological polar surface area (TPSA) is 41.1 Å². The van der Waals surface area contributed by atoms with Gasteiger partial charge < -0.3 is 5.32 Å². The minimum absolute atomic E-state index is 0.149. The van der Waals surface area contributed by atoms with Crippen molar-refractivity contribution in [3.8, 4) is 0 Å². The van der Waals surface area contributed by atoms with Crippen LogP contribution in [0.2, 0.25) is 0 Å². The zero-order valence-corrected chi connectivity index (χ0v) is 11.5. The van der Waals surface area contributed by atoms with Crippen molar-refractivity contribution in [1.29, 1.82) is 0 Å². The second kappa shape index (κ2) is 4.39. The van der Waals surface area contributed by atoms with Crippen molar-refractivity contribution in [2.45, 2.75) is 57.2 Å². The van der Waals surface area contributed by atoms with Crippen LogP contribution in [0.25, 0.3) is 0 Å². The average Bonchev–Trinajstić information content (AvgIpc) is 2.24. The molecule has 0 radical (unpaired) electrons. The summed E-state index contributed by atoms with van der Waals surface area (Å²) in [6, 6.07) is 0.481. The van der Waals surface area contributed by atoms with E-state index in [0.717, 1.165) is 13.1 Å². The van der Waals surface area contributed by atoms with Crippen molar-refractivity contribution in [2.75, 3.05) is 13.1 Å². The van der Waals surface area contributed by atoms with Gasteiger partial charge in [-0.2, -0.15) is 0 Å². The molecule has 1 saturated carbocycles. The molecule has 16 heavy (non-hydrogen) atoms. The first-order valence-electron chi connectivity index (χ1n) is 6.33. The fraction of sp³-hybridized carbons (Fsp3) is 1.00. The third kappa shape index (κ3) is 2.34. The molecule has 2 atom stereocenters. The molecule has 1 aliphatic carbocycles. The summed E-state index contributed by atoms with van der Waals surface area (Å²) in [5.74, 6) is 0. The van der Waals surface area contributed by atoms with Crippen LogP contribution < -0.4 is 10.0 Å². The van der Waals surface area contributed by atoms with E-state index >= 15 is 0 Å². The summed E-state index contributed by atoms with van der Waals surface area (Å²) in [6.45, 7) is 8.35. The fourth-order valence-corrected chi connectivity index (χ4v) is 3.69. The van der Waals surface area contributed by atoms with Crippen LogP contribution in [0.4, 0.5) is 0 Å². The summed E-state index contributed by atoms with van der Waals surface area (Å²) < 4.78 is 15.3. The number of rotatable bonds is 2. The molecular formula is C12H24N2OS. The molecule has 2 aliphatic rings. The summed E-state index contributed by atoms with van der Waals surface area (Å²) in [5, 5.41) is 3.41. The summed E-state index contributed by atoms with van der Waals surface area (Å²) in [7, 11) is -0.914. The van der Waals surface area contributed by atoms with Crippen LogP contribution in [0.15, 0.2) is 0 Å². The van der Waals surface area contributed by atoms with E-state index in [-0.39, 0.29) is 4.75 Å². The molecule has 0 aromatic heterocycles. The highest BCUT2D eigenvalue weighted by Gasteiger charge is 2.47. The van der Waals surface area contributed by atoms with Gasteiger partial charge >= 0.3 is 0 Å². The number of hydrogen-bond donors (Lipinski definition) is 2. The lowest BCUT2D eigenvalue weighted by Gasteiger charge is -2.52. The summed E-state index contributed by atoms with van der Waals surface area (Å²) in [4.78, 5) is 0. The van der Waals surface area contributed by atoms with Gasteiger partial charge in [-0.05, 0) is 65.0 Å². The third-order valence-corrected chi connectivity index (χ3v) is 5.69. The summed E-state index contributed by atoms with van der Waals surface area (Å²) in [5.41, 5.74) is 0.451. The van der Waals surface area contributed by atoms with Crippen molar-refractivity contribution in [2.24, 2.45) is 5.41 Å². The van der Waals surface area contributed by atoms with Crippen LogP contribution in [-0.4, -0.2) is 28.1 Å². The van der Waals surface area contributed by atoms with Crippen molar-refractivity contribution < 1.29 is 4.21 Å². The maximum absolute atomic E-state index is 12.1. The van der Waals surface area contributed by atoms with Gasteiger partial charge in [0.25, 0.3) is 0 Å². The lowest BCUT2D eigenvalue weighted by atomic mass is 9.60. The minimum Gasteiger partial charge on any atom is -0.317 e. The molecule has 0 unspecified atom stereocenters. The van der Waals surface area contributed by atoms with Crippen LogP contribution >= 0.6 is 0 Å². The first-order valence-corrected chi connectivity index (χ1v) is 7.48. The molecule has 1 aliphatic heterocycles. The first-order chi connectivity index (χ1) is 7.44. The van der Waals surface area contributed by atoms with Gasteiger partial charge in [0.1, 0.15) is 0 Å². The van der Waals surface area contributed by atoms with Gasteiger partial charge in [-0.25, -0.2) is 8.93 Å². The van der Waals surface area contributed by atoms with E-state index < -0.39 is 11.0 Å². The number of piperidine rings is 1. The Morgan fingerprint density at radius 2 is 1.88 bits per heavy atom. The zero-order valence-electron chi connectivity index (χ0n) is 10.6. The van der Waals surface area contributed by atoms with Crippen LogP contribution in [0.5, 0.6) is 0 Å². The molecule has 1 heterocycles. The maximum atomic E-state index is 12.1. The monoisotopic (exact) mass is 244 g/mol. The van der Waals surface area contributed by atoms with E-state index in [2.05, 4.69) is 10.0 Å². The molecule has 1 saturated heterocycles. The predicted molar refractivity (Wildman–Crippen MR) is 68.6 cm³/mol. The number of hydrogen-bond acceptors (Lipinski definition) is 2. The summed E-state index contributed by atoms with van der Waals surface area (Å²) in [6.07, 6.45) is 4.99. The highest BCUT2D eigenvalue weighted by atomic mass is 32.2. The Bertz CT molecular complexity index is 279. The molecule has 2 rings (SSSR count). The highest BCUT2D eigenvalue weighted by Crippen LogP contribution is 2.48. The Balaban J connectivity index is 1.93. The average molecular weight is 244 g/mol. The Morgan fingerprint density at radius 1 is 1.25 bits per heavy atom. The van der Waals surface area contributed by atoms with Gasteiger partial charge in [0, 0.05) is 6.04 Å². The molecule has 3 nitrogen and oxygen atoms in total. The predicted octanol–water partition coefficient (Wildman–Crippen LogP) is 1.57. The highest BCUT2D eigenvalue weighted by molar-refractivity contribution is 7.84. The smallest absolute Gasteiger partial charge is 0.0972 e. The van der Waals surface area contributed by atoms with Gasteiger partial charge in [0.15, 0.2) is 0 Å². The van der Waals surface area contributed by atoms with E-state index in [1.807, 2.05) is 20.8 Å². The van der Waals surface area contributed by atoms with Crippen molar-refractivity contribution in [1.82, 2.24) is 10.0 Å². The quantitative estimate of drug-likeness (QED) is 0.774. The van der Waals surface area contributed by atoms with Crippen LogP contribution in [-0.2, 0) is 11.0 Å². The van der Waals surface area contributed by atoms with Gasteiger partial charge in [0.2, 0.25) is 0 Å². The fourth-order valence-electron chi connectivity index (χ4n) is 2.71. The molecule has 2 N–H and O–H groups in total. The molecule has 94 valence electrons. The molecule has 2 fully saturated rings. The summed E-state index contributed by atoms with van der Waals surface area (Å²) >= 11 is 0. The third-order valence-electron chi connectivity index (χ3n) is 4.07. The van der Waals surface area contributed by atoms with E-state index in [9.17, 15) is 4.21 Å². The molecule has 0 amide bonds. The molecule has 4 heteroatoms. The molecule has 1 spiro atoms. The normalized spacial score (nSPS) is 31.1. The zero-order chi connectivity index (χ0) is 11.8. The number of nitrogens with one attached hydrogen (secondary N) is 2. The van der Waals surface area contributed by atoms with Gasteiger partial charge in [-0.1, -0.05) is 0 Å². The Morgan fingerprint density at radius 3 is 2.31 bits per heavy atom. The lowest BCUT2D eigenvalue weighted by molar-refractivity contribution is 0.0443. The minimum atomic E-state index is -0.914. The van der Waals surface area contributed by atoms with E-state index in [1.165, 1.54) is 25.7 Å². The van der Waals surface area contributed by atoms with Crippen LogP contribution in [0.3, 0.4) is 0 Å². The molecule has 0 aromatic carbocycles. The van der Waals surface area contributed by atoms with E-state index in [4.69, 9.17) is 0 Å². The van der Waals surface area contributed by atoms with E-state index in [0.29, 0.717) is 11.5 Å². The van der Waals surface area contributed by atoms with E-state index in [1.54, 1.807) is 0 Å². The van der Waals surface area contributed by atoms with Crippen LogP contribution in [0.1, 0.15) is 46.5 Å². The van der Waals surface area contributed by atoms with Gasteiger partial charge in [0.05, 0.1) is 15.7 Å². The van der Waals surface area contributed by atoms with Crippen molar-refractivity contribution >= 4 is 11.0 Å². The van der Waals surface area contributed by atoms with Crippen LogP contribution in [0, 0.1) is 5.41 Å². The first kappa shape index (κ1) is 12.5. The van der Waals surface area contributed by atoms with Gasteiger partial charge in [-0.3, -0.25) is 0 Å². The Kier molecular flexibility index (Phi) is 3.44.